The molecule has 2 aliphatic heterocycles. The number of urea groups is 1. The lowest BCUT2D eigenvalue weighted by molar-refractivity contribution is -0.140. The molecule has 27 heavy (non-hydrogen) atoms. The van der Waals surface area contributed by atoms with Gasteiger partial charge in [0.15, 0.2) is 0 Å². The molecule has 1 aromatic rings. The summed E-state index contributed by atoms with van der Waals surface area (Å²) in [7, 11) is 0. The zero-order valence-electron chi connectivity index (χ0n) is 16.0. The van der Waals surface area contributed by atoms with Crippen molar-refractivity contribution in [1.82, 2.24) is 10.2 Å². The fourth-order valence-corrected chi connectivity index (χ4v) is 4.00. The predicted octanol–water partition coefficient (Wildman–Crippen LogP) is 3.07. The highest BCUT2D eigenvalue weighted by atomic mass is 16.5. The van der Waals surface area contributed by atoms with Crippen molar-refractivity contribution in [3.8, 4) is 0 Å². The van der Waals surface area contributed by atoms with Gasteiger partial charge in [0.2, 0.25) is 5.91 Å². The van der Waals surface area contributed by atoms with E-state index in [0.717, 1.165) is 37.9 Å². The molecule has 2 saturated heterocycles. The summed E-state index contributed by atoms with van der Waals surface area (Å²) >= 11 is 0. The first-order valence-electron chi connectivity index (χ1n) is 10.1. The average Bonchev–Trinajstić information content (AvgIpc) is 3.42. The zero-order valence-corrected chi connectivity index (χ0v) is 16.0. The number of anilines is 1. The lowest BCUT2D eigenvalue weighted by atomic mass is 9.88. The summed E-state index contributed by atoms with van der Waals surface area (Å²) in [5.41, 5.74) is 1.75. The smallest absolute Gasteiger partial charge is 0.321 e. The highest BCUT2D eigenvalue weighted by Crippen LogP contribution is 2.39. The van der Waals surface area contributed by atoms with E-state index >= 15 is 0 Å². The number of amides is 3. The molecule has 1 atom stereocenters. The van der Waals surface area contributed by atoms with Gasteiger partial charge in [0.25, 0.3) is 0 Å². The maximum Gasteiger partial charge on any atom is 0.321 e. The normalized spacial score (nSPS) is 24.0. The van der Waals surface area contributed by atoms with Gasteiger partial charge in [0.1, 0.15) is 6.10 Å². The minimum atomic E-state index is -0.323. The third kappa shape index (κ3) is 4.43. The molecule has 0 radical (unpaired) electrons. The van der Waals surface area contributed by atoms with Crippen LogP contribution in [0.1, 0.15) is 44.1 Å². The molecular weight excluding hydrogens is 342 g/mol. The van der Waals surface area contributed by atoms with Gasteiger partial charge in [-0.2, -0.15) is 0 Å². The first-order chi connectivity index (χ1) is 13.0. The van der Waals surface area contributed by atoms with Crippen LogP contribution in [-0.4, -0.2) is 48.2 Å². The van der Waals surface area contributed by atoms with E-state index < -0.39 is 0 Å². The van der Waals surface area contributed by atoms with Gasteiger partial charge in [-0.3, -0.25) is 4.79 Å². The van der Waals surface area contributed by atoms with Crippen molar-refractivity contribution in [2.45, 2.75) is 57.2 Å². The fraction of sp³-hybridized carbons (Fsp3) is 0.619. The van der Waals surface area contributed by atoms with Gasteiger partial charge < -0.3 is 20.3 Å². The Kier molecular flexibility index (Phi) is 5.08. The molecule has 1 spiro atoms. The minimum Gasteiger partial charge on any atom is -0.362 e. The van der Waals surface area contributed by atoms with Crippen LogP contribution in [0.5, 0.6) is 0 Å². The molecular formula is C21H29N3O3. The molecule has 3 amide bonds. The van der Waals surface area contributed by atoms with Gasteiger partial charge in [-0.15, -0.1) is 0 Å². The molecule has 1 saturated carbocycles. The van der Waals surface area contributed by atoms with Crippen LogP contribution in [0.3, 0.4) is 0 Å². The lowest BCUT2D eigenvalue weighted by Gasteiger charge is -2.39. The number of nitrogens with one attached hydrogen (secondary N) is 2. The number of rotatable bonds is 4. The Morgan fingerprint density at radius 2 is 1.81 bits per heavy atom. The number of hydrogen-bond acceptors (Lipinski definition) is 3. The topological polar surface area (TPSA) is 70.7 Å². The highest BCUT2D eigenvalue weighted by Gasteiger charge is 2.45. The largest absolute Gasteiger partial charge is 0.362 e. The van der Waals surface area contributed by atoms with E-state index in [0.29, 0.717) is 19.0 Å². The van der Waals surface area contributed by atoms with Gasteiger partial charge in [-0.1, -0.05) is 17.7 Å². The summed E-state index contributed by atoms with van der Waals surface area (Å²) in [4.78, 5) is 26.6. The second-order valence-corrected chi connectivity index (χ2v) is 8.30. The SMILES string of the molecule is Cc1ccc(NC(=O)N2CCC3(CCC(C(=O)NCC4CC4)O3)CC2)cc1. The van der Waals surface area contributed by atoms with E-state index in [2.05, 4.69) is 10.6 Å². The third-order valence-corrected chi connectivity index (χ3v) is 6.07. The number of carbonyl (C=O) groups is 2. The molecule has 146 valence electrons. The number of piperidine rings is 1. The minimum absolute atomic E-state index is 0.0401. The Hall–Kier alpha value is -2.08. The van der Waals surface area contributed by atoms with Crippen LogP contribution in [0.2, 0.25) is 0 Å². The van der Waals surface area contributed by atoms with E-state index in [4.69, 9.17) is 4.74 Å². The molecule has 1 unspecified atom stereocenters. The Bertz CT molecular complexity index is 691. The van der Waals surface area contributed by atoms with Crippen LogP contribution in [0, 0.1) is 12.8 Å². The predicted molar refractivity (Wildman–Crippen MR) is 104 cm³/mol. The molecule has 1 aliphatic carbocycles. The van der Waals surface area contributed by atoms with E-state index in [1.807, 2.05) is 36.1 Å². The summed E-state index contributed by atoms with van der Waals surface area (Å²) in [6.07, 6.45) is 5.42. The van der Waals surface area contributed by atoms with Crippen molar-refractivity contribution in [1.29, 1.82) is 0 Å². The quantitative estimate of drug-likeness (QED) is 0.854. The van der Waals surface area contributed by atoms with Crippen molar-refractivity contribution in [2.24, 2.45) is 5.92 Å². The molecule has 3 fully saturated rings. The zero-order chi connectivity index (χ0) is 18.9. The summed E-state index contributed by atoms with van der Waals surface area (Å²) in [6.45, 7) is 4.14. The van der Waals surface area contributed by atoms with Gasteiger partial charge in [0, 0.05) is 25.3 Å². The van der Waals surface area contributed by atoms with Crippen molar-refractivity contribution >= 4 is 17.6 Å². The summed E-state index contributed by atoms with van der Waals surface area (Å²) in [6, 6.07) is 7.75. The van der Waals surface area contributed by atoms with Crippen LogP contribution < -0.4 is 10.6 Å². The van der Waals surface area contributed by atoms with E-state index in [1.165, 1.54) is 18.4 Å². The first kappa shape index (κ1) is 18.3. The van der Waals surface area contributed by atoms with Gasteiger partial charge in [0.05, 0.1) is 5.60 Å². The summed E-state index contributed by atoms with van der Waals surface area (Å²) < 4.78 is 6.19. The average molecular weight is 371 g/mol. The van der Waals surface area contributed by atoms with Crippen molar-refractivity contribution in [2.75, 3.05) is 25.0 Å². The number of carbonyl (C=O) groups excluding carboxylic acids is 2. The maximum absolute atomic E-state index is 12.5. The molecule has 3 aliphatic rings. The second-order valence-electron chi connectivity index (χ2n) is 8.30. The number of ether oxygens (including phenoxy) is 1. The maximum atomic E-state index is 12.5. The Balaban J connectivity index is 1.25. The van der Waals surface area contributed by atoms with Crippen LogP contribution in [0.4, 0.5) is 10.5 Å². The number of benzene rings is 1. The van der Waals surface area contributed by atoms with Crippen LogP contribution in [0.25, 0.3) is 0 Å². The third-order valence-electron chi connectivity index (χ3n) is 6.07. The van der Waals surface area contributed by atoms with Crippen LogP contribution in [-0.2, 0) is 9.53 Å². The molecule has 1 aromatic carbocycles. The van der Waals surface area contributed by atoms with Gasteiger partial charge >= 0.3 is 6.03 Å². The summed E-state index contributed by atoms with van der Waals surface area (Å²) in [5.74, 6) is 0.720. The van der Waals surface area contributed by atoms with E-state index in [1.54, 1.807) is 0 Å². The number of hydrogen-bond donors (Lipinski definition) is 2. The van der Waals surface area contributed by atoms with Crippen LogP contribution in [0.15, 0.2) is 24.3 Å². The number of nitrogens with zero attached hydrogens (tertiary/aromatic N) is 1. The van der Waals surface area contributed by atoms with Crippen molar-refractivity contribution < 1.29 is 14.3 Å². The van der Waals surface area contributed by atoms with Crippen molar-refractivity contribution in [3.05, 3.63) is 29.8 Å². The molecule has 2 heterocycles. The Labute approximate surface area is 160 Å². The second kappa shape index (κ2) is 7.50. The fourth-order valence-electron chi connectivity index (χ4n) is 4.00. The number of likely N-dealkylation sites (tertiary alicyclic amines) is 1. The van der Waals surface area contributed by atoms with Crippen molar-refractivity contribution in [3.63, 3.8) is 0 Å². The molecule has 6 nitrogen and oxygen atoms in total. The van der Waals surface area contributed by atoms with Gasteiger partial charge in [-0.05, 0) is 63.5 Å². The van der Waals surface area contributed by atoms with E-state index in [9.17, 15) is 9.59 Å². The number of aryl methyl sites for hydroxylation is 1. The first-order valence-corrected chi connectivity index (χ1v) is 10.1. The standard InChI is InChI=1S/C21H29N3O3/c1-15-2-6-17(7-3-15)23-20(26)24-12-10-21(11-13-24)9-8-18(27-21)19(25)22-14-16-4-5-16/h2-3,6-7,16,18H,4-5,8-14H2,1H3,(H,22,25)(H,23,26). The lowest BCUT2D eigenvalue weighted by Crippen LogP contribution is -2.48. The molecule has 6 heteroatoms. The molecule has 2 N–H and O–H groups in total. The van der Waals surface area contributed by atoms with Crippen LogP contribution >= 0.6 is 0 Å². The summed E-state index contributed by atoms with van der Waals surface area (Å²) in [5, 5.41) is 5.99. The highest BCUT2D eigenvalue weighted by molar-refractivity contribution is 5.89. The Morgan fingerprint density at radius 1 is 1.11 bits per heavy atom. The molecule has 0 bridgehead atoms. The van der Waals surface area contributed by atoms with E-state index in [-0.39, 0.29) is 23.6 Å². The molecule has 0 aromatic heterocycles. The van der Waals surface area contributed by atoms with Gasteiger partial charge in [-0.25, -0.2) is 4.79 Å². The molecule has 4 rings (SSSR count). The monoisotopic (exact) mass is 371 g/mol. The Morgan fingerprint density at radius 3 is 2.48 bits per heavy atom.